The highest BCUT2D eigenvalue weighted by atomic mass is 32.2. The van der Waals surface area contributed by atoms with E-state index in [1.54, 1.807) is 4.31 Å². The zero-order chi connectivity index (χ0) is 13.9. The lowest BCUT2D eigenvalue weighted by Crippen LogP contribution is -2.50. The predicted molar refractivity (Wildman–Crippen MR) is 77.7 cm³/mol. The van der Waals surface area contributed by atoms with Crippen LogP contribution in [0.4, 0.5) is 0 Å². The van der Waals surface area contributed by atoms with Crippen molar-refractivity contribution in [3.63, 3.8) is 0 Å². The van der Waals surface area contributed by atoms with E-state index >= 15 is 0 Å². The number of piperazine rings is 1. The Morgan fingerprint density at radius 1 is 1.16 bits per heavy atom. The van der Waals surface area contributed by atoms with Gasteiger partial charge in [-0.25, -0.2) is 8.42 Å². The van der Waals surface area contributed by atoms with Crippen molar-refractivity contribution in [2.75, 3.05) is 45.5 Å². The first-order valence-electron chi connectivity index (χ1n) is 7.41. The van der Waals surface area contributed by atoms with E-state index in [0.29, 0.717) is 19.1 Å². The van der Waals surface area contributed by atoms with Crippen LogP contribution in [0.3, 0.4) is 0 Å². The fraction of sp³-hybridized carbons (Fsp3) is 1.00. The SMILES string of the molecule is CCNC1CCCC1CN1CCN(S(C)(=O)=O)CC1. The molecule has 0 bridgehead atoms. The number of nitrogens with zero attached hydrogens (tertiary/aromatic N) is 2. The monoisotopic (exact) mass is 289 g/mol. The van der Waals surface area contributed by atoms with Gasteiger partial charge in [-0.05, 0) is 25.3 Å². The van der Waals surface area contributed by atoms with E-state index in [1.165, 1.54) is 25.5 Å². The Kier molecular flexibility index (Phi) is 5.22. The van der Waals surface area contributed by atoms with Crippen LogP contribution in [-0.4, -0.2) is 69.2 Å². The van der Waals surface area contributed by atoms with Gasteiger partial charge < -0.3 is 10.2 Å². The first-order valence-corrected chi connectivity index (χ1v) is 9.26. The Balaban J connectivity index is 1.79. The van der Waals surface area contributed by atoms with Crippen LogP contribution in [0, 0.1) is 5.92 Å². The second kappa shape index (κ2) is 6.52. The fourth-order valence-electron chi connectivity index (χ4n) is 3.36. The molecule has 1 aliphatic carbocycles. The Labute approximate surface area is 117 Å². The molecule has 2 aliphatic rings. The molecule has 1 saturated carbocycles. The molecule has 1 N–H and O–H groups in total. The van der Waals surface area contributed by atoms with Gasteiger partial charge in [-0.15, -0.1) is 0 Å². The molecule has 0 spiro atoms. The van der Waals surface area contributed by atoms with E-state index in [0.717, 1.165) is 32.1 Å². The summed E-state index contributed by atoms with van der Waals surface area (Å²) >= 11 is 0. The second-order valence-electron chi connectivity index (χ2n) is 5.82. The normalized spacial score (nSPS) is 30.8. The topological polar surface area (TPSA) is 52.6 Å². The molecule has 2 fully saturated rings. The lowest BCUT2D eigenvalue weighted by Gasteiger charge is -2.35. The molecular formula is C13H27N3O2S. The molecule has 0 amide bonds. The third-order valence-electron chi connectivity index (χ3n) is 4.42. The van der Waals surface area contributed by atoms with Crippen LogP contribution < -0.4 is 5.32 Å². The molecule has 1 aliphatic heterocycles. The Bertz CT molecular complexity index is 377. The largest absolute Gasteiger partial charge is 0.314 e. The van der Waals surface area contributed by atoms with E-state index in [4.69, 9.17) is 0 Å². The number of rotatable bonds is 5. The smallest absolute Gasteiger partial charge is 0.211 e. The summed E-state index contributed by atoms with van der Waals surface area (Å²) in [6, 6.07) is 0.665. The third kappa shape index (κ3) is 4.15. The van der Waals surface area contributed by atoms with E-state index in [9.17, 15) is 8.42 Å². The first kappa shape index (κ1) is 15.2. The van der Waals surface area contributed by atoms with Gasteiger partial charge in [0, 0.05) is 38.8 Å². The van der Waals surface area contributed by atoms with Crippen molar-refractivity contribution in [3.05, 3.63) is 0 Å². The molecule has 2 unspecified atom stereocenters. The third-order valence-corrected chi connectivity index (χ3v) is 5.72. The van der Waals surface area contributed by atoms with Gasteiger partial charge >= 0.3 is 0 Å². The van der Waals surface area contributed by atoms with Crippen LogP contribution in [-0.2, 0) is 10.0 Å². The van der Waals surface area contributed by atoms with Crippen molar-refractivity contribution in [2.45, 2.75) is 32.2 Å². The number of hydrogen-bond acceptors (Lipinski definition) is 4. The van der Waals surface area contributed by atoms with E-state index in [-0.39, 0.29) is 0 Å². The summed E-state index contributed by atoms with van der Waals surface area (Å²) in [5.74, 6) is 0.740. The van der Waals surface area contributed by atoms with Gasteiger partial charge in [0.1, 0.15) is 0 Å². The van der Waals surface area contributed by atoms with Crippen molar-refractivity contribution in [3.8, 4) is 0 Å². The van der Waals surface area contributed by atoms with Crippen LogP contribution in [0.5, 0.6) is 0 Å². The molecule has 19 heavy (non-hydrogen) atoms. The van der Waals surface area contributed by atoms with Crippen molar-refractivity contribution < 1.29 is 8.42 Å². The van der Waals surface area contributed by atoms with Gasteiger partial charge in [0.2, 0.25) is 10.0 Å². The standard InChI is InChI=1S/C13H27N3O2S/c1-3-14-13-6-4-5-12(13)11-15-7-9-16(10-8-15)19(2,17)18/h12-14H,3-11H2,1-2H3. The fourth-order valence-corrected chi connectivity index (χ4v) is 4.19. The van der Waals surface area contributed by atoms with Crippen LogP contribution in [0.15, 0.2) is 0 Å². The Hall–Kier alpha value is -0.170. The van der Waals surface area contributed by atoms with Gasteiger partial charge in [-0.1, -0.05) is 13.3 Å². The van der Waals surface area contributed by atoms with E-state index < -0.39 is 10.0 Å². The van der Waals surface area contributed by atoms with E-state index in [2.05, 4.69) is 17.1 Å². The highest BCUT2D eigenvalue weighted by molar-refractivity contribution is 7.88. The zero-order valence-corrected chi connectivity index (χ0v) is 13.0. The average molecular weight is 289 g/mol. The first-order chi connectivity index (χ1) is 9.00. The van der Waals surface area contributed by atoms with Gasteiger partial charge in [0.15, 0.2) is 0 Å². The lowest BCUT2D eigenvalue weighted by molar-refractivity contribution is 0.157. The maximum atomic E-state index is 11.5. The molecule has 112 valence electrons. The minimum absolute atomic E-state index is 0.650. The van der Waals surface area contributed by atoms with Gasteiger partial charge in [-0.2, -0.15) is 4.31 Å². The molecule has 1 saturated heterocycles. The van der Waals surface area contributed by atoms with Crippen LogP contribution in [0.2, 0.25) is 0 Å². The minimum atomic E-state index is -3.00. The van der Waals surface area contributed by atoms with Crippen molar-refractivity contribution in [1.82, 2.24) is 14.5 Å². The summed E-state index contributed by atoms with van der Waals surface area (Å²) in [5, 5.41) is 3.58. The molecule has 6 heteroatoms. The van der Waals surface area contributed by atoms with Crippen molar-refractivity contribution in [1.29, 1.82) is 0 Å². The molecule has 0 aromatic rings. The number of sulfonamides is 1. The Morgan fingerprint density at radius 3 is 2.42 bits per heavy atom. The summed E-state index contributed by atoms with van der Waals surface area (Å²) < 4.78 is 24.5. The van der Waals surface area contributed by atoms with Crippen LogP contribution in [0.25, 0.3) is 0 Å². The predicted octanol–water partition coefficient (Wildman–Crippen LogP) is 0.342. The molecule has 0 aromatic heterocycles. The van der Waals surface area contributed by atoms with Crippen LogP contribution in [0.1, 0.15) is 26.2 Å². The average Bonchev–Trinajstić information content (AvgIpc) is 2.77. The molecular weight excluding hydrogens is 262 g/mol. The molecule has 2 atom stereocenters. The molecule has 5 nitrogen and oxygen atoms in total. The minimum Gasteiger partial charge on any atom is -0.314 e. The molecule has 0 radical (unpaired) electrons. The summed E-state index contributed by atoms with van der Waals surface area (Å²) in [6.45, 7) is 7.39. The summed E-state index contributed by atoms with van der Waals surface area (Å²) in [6.07, 6.45) is 5.23. The zero-order valence-electron chi connectivity index (χ0n) is 12.1. The lowest BCUT2D eigenvalue weighted by atomic mass is 10.0. The Morgan fingerprint density at radius 2 is 1.84 bits per heavy atom. The van der Waals surface area contributed by atoms with Crippen molar-refractivity contribution >= 4 is 10.0 Å². The number of nitrogens with one attached hydrogen (secondary N) is 1. The maximum Gasteiger partial charge on any atom is 0.211 e. The summed E-state index contributed by atoms with van der Waals surface area (Å²) in [4.78, 5) is 2.43. The maximum absolute atomic E-state index is 11.5. The van der Waals surface area contributed by atoms with Gasteiger partial charge in [0.05, 0.1) is 6.26 Å². The molecule has 0 aromatic carbocycles. The second-order valence-corrected chi connectivity index (χ2v) is 7.80. The summed E-state index contributed by atoms with van der Waals surface area (Å²) in [5.41, 5.74) is 0. The molecule has 1 heterocycles. The van der Waals surface area contributed by atoms with Gasteiger partial charge in [-0.3, -0.25) is 0 Å². The van der Waals surface area contributed by atoms with Crippen LogP contribution >= 0.6 is 0 Å². The number of hydrogen-bond donors (Lipinski definition) is 1. The van der Waals surface area contributed by atoms with Crippen molar-refractivity contribution in [2.24, 2.45) is 5.92 Å². The van der Waals surface area contributed by atoms with E-state index in [1.807, 2.05) is 0 Å². The van der Waals surface area contributed by atoms with Gasteiger partial charge in [0.25, 0.3) is 0 Å². The molecule has 2 rings (SSSR count). The highest BCUT2D eigenvalue weighted by Crippen LogP contribution is 2.26. The quantitative estimate of drug-likeness (QED) is 0.793. The summed E-state index contributed by atoms with van der Waals surface area (Å²) in [7, 11) is -3.00. The highest BCUT2D eigenvalue weighted by Gasteiger charge is 2.30.